The van der Waals surface area contributed by atoms with Crippen LogP contribution in [-0.4, -0.2) is 22.2 Å². The van der Waals surface area contributed by atoms with E-state index < -0.39 is 23.8 Å². The van der Waals surface area contributed by atoms with Crippen LogP contribution in [0.3, 0.4) is 0 Å². The van der Waals surface area contributed by atoms with Crippen LogP contribution in [0.2, 0.25) is 0 Å². The van der Waals surface area contributed by atoms with E-state index in [9.17, 15) is 19.8 Å². The van der Waals surface area contributed by atoms with Gasteiger partial charge in [0.25, 0.3) is 0 Å². The van der Waals surface area contributed by atoms with Gasteiger partial charge in [-0.05, 0) is 48.4 Å². The Labute approximate surface area is 172 Å². The average Bonchev–Trinajstić information content (AvgIpc) is 2.64. The number of rotatable bonds is 10. The molecule has 0 aromatic heterocycles. The van der Waals surface area contributed by atoms with Crippen molar-refractivity contribution in [3.8, 4) is 11.5 Å². The monoisotopic (exact) mass is 398 g/mol. The van der Waals surface area contributed by atoms with Gasteiger partial charge in [0.1, 0.15) is 11.5 Å². The molecule has 0 saturated carbocycles. The van der Waals surface area contributed by atoms with Gasteiger partial charge in [-0.3, -0.25) is 9.59 Å². The van der Waals surface area contributed by atoms with Gasteiger partial charge in [0.2, 0.25) is 0 Å². The van der Waals surface area contributed by atoms with E-state index in [0.29, 0.717) is 35.5 Å². The van der Waals surface area contributed by atoms with Crippen LogP contribution in [-0.2, 0) is 9.59 Å². The maximum atomic E-state index is 12.2. The summed E-state index contributed by atoms with van der Waals surface area (Å²) in [6.45, 7) is 7.84. The minimum absolute atomic E-state index is 0.127. The Balaban J connectivity index is 2.67. The normalized spacial score (nSPS) is 13.3. The molecule has 0 fully saturated rings. The molecule has 0 spiro atoms. The fourth-order valence-corrected chi connectivity index (χ4v) is 3.59. The number of carboxylic acid groups (broad SMARTS) is 2. The van der Waals surface area contributed by atoms with E-state index in [0.717, 1.165) is 0 Å². The number of ether oxygens (including phenoxy) is 1. The minimum atomic E-state index is -0.974. The zero-order valence-electron chi connectivity index (χ0n) is 17.5. The lowest BCUT2D eigenvalue weighted by Crippen LogP contribution is -2.21. The largest absolute Gasteiger partial charge is 0.481 e. The second-order valence-corrected chi connectivity index (χ2v) is 8.21. The molecule has 0 aliphatic carbocycles. The SMILES string of the molecule is CC(C)CC(C(=O)O)c1cccc(Oc2ccccc2)c1C(CC(C)C)C(=O)O. The van der Waals surface area contributed by atoms with Gasteiger partial charge in [-0.1, -0.05) is 58.0 Å². The van der Waals surface area contributed by atoms with Gasteiger partial charge in [-0.25, -0.2) is 0 Å². The fourth-order valence-electron chi connectivity index (χ4n) is 3.59. The summed E-state index contributed by atoms with van der Waals surface area (Å²) in [7, 11) is 0. The van der Waals surface area contributed by atoms with E-state index >= 15 is 0 Å². The first-order chi connectivity index (χ1) is 13.7. The number of carbonyl (C=O) groups is 2. The molecule has 2 N–H and O–H groups in total. The van der Waals surface area contributed by atoms with Crippen molar-refractivity contribution >= 4 is 11.9 Å². The molecule has 5 heteroatoms. The molecule has 0 heterocycles. The summed E-state index contributed by atoms with van der Waals surface area (Å²) in [5.41, 5.74) is 0.985. The predicted octanol–water partition coefficient (Wildman–Crippen LogP) is 5.91. The van der Waals surface area contributed by atoms with Gasteiger partial charge < -0.3 is 14.9 Å². The lowest BCUT2D eigenvalue weighted by Gasteiger charge is -2.25. The standard InChI is InChI=1S/C24H30O5/c1-15(2)13-19(23(25)26)18-11-8-12-21(29-17-9-6-5-7-10-17)22(18)20(24(27)28)14-16(3)4/h5-12,15-16,19-20H,13-14H2,1-4H3,(H,25,26)(H,27,28). The van der Waals surface area contributed by atoms with Gasteiger partial charge in [-0.2, -0.15) is 0 Å². The highest BCUT2D eigenvalue weighted by Crippen LogP contribution is 2.41. The van der Waals surface area contributed by atoms with Crippen molar-refractivity contribution in [3.05, 3.63) is 59.7 Å². The van der Waals surface area contributed by atoms with Gasteiger partial charge in [0.15, 0.2) is 0 Å². The first kappa shape index (κ1) is 22.5. The van der Waals surface area contributed by atoms with Gasteiger partial charge in [-0.15, -0.1) is 0 Å². The van der Waals surface area contributed by atoms with Crippen LogP contribution < -0.4 is 4.74 Å². The third-order valence-electron chi connectivity index (χ3n) is 4.81. The summed E-state index contributed by atoms with van der Waals surface area (Å²) in [6.07, 6.45) is 0.816. The predicted molar refractivity (Wildman–Crippen MR) is 113 cm³/mol. The Hall–Kier alpha value is -2.82. The summed E-state index contributed by atoms with van der Waals surface area (Å²) in [6, 6.07) is 14.3. The molecule has 2 unspecified atom stereocenters. The molecule has 0 bridgehead atoms. The van der Waals surface area contributed by atoms with Crippen molar-refractivity contribution in [1.29, 1.82) is 0 Å². The molecule has 5 nitrogen and oxygen atoms in total. The summed E-state index contributed by atoms with van der Waals surface area (Å²) < 4.78 is 6.04. The Morgan fingerprint density at radius 1 is 0.793 bits per heavy atom. The quantitative estimate of drug-likeness (QED) is 0.520. The van der Waals surface area contributed by atoms with Crippen molar-refractivity contribution in [2.45, 2.75) is 52.4 Å². The molecule has 2 rings (SSSR count). The van der Waals surface area contributed by atoms with Crippen molar-refractivity contribution in [3.63, 3.8) is 0 Å². The van der Waals surface area contributed by atoms with Crippen molar-refractivity contribution in [1.82, 2.24) is 0 Å². The highest BCUT2D eigenvalue weighted by Gasteiger charge is 2.33. The topological polar surface area (TPSA) is 83.8 Å². The highest BCUT2D eigenvalue weighted by atomic mass is 16.5. The van der Waals surface area contributed by atoms with Crippen LogP contribution in [0.5, 0.6) is 11.5 Å². The summed E-state index contributed by atoms with van der Waals surface area (Å²) in [5.74, 6) is -2.31. The van der Waals surface area contributed by atoms with Crippen molar-refractivity contribution in [2.75, 3.05) is 0 Å². The highest BCUT2D eigenvalue weighted by molar-refractivity contribution is 5.82. The van der Waals surface area contributed by atoms with E-state index in [1.807, 2.05) is 45.9 Å². The Bertz CT molecular complexity index is 826. The van der Waals surface area contributed by atoms with Gasteiger partial charge in [0, 0.05) is 5.56 Å². The number of hydrogen-bond acceptors (Lipinski definition) is 3. The summed E-state index contributed by atoms with van der Waals surface area (Å²) in [5, 5.41) is 19.9. The molecular formula is C24H30O5. The first-order valence-corrected chi connectivity index (χ1v) is 10.0. The smallest absolute Gasteiger partial charge is 0.311 e. The lowest BCUT2D eigenvalue weighted by atomic mass is 9.80. The second-order valence-electron chi connectivity index (χ2n) is 8.21. The Morgan fingerprint density at radius 3 is 1.86 bits per heavy atom. The van der Waals surface area contributed by atoms with E-state index in [1.165, 1.54) is 0 Å². The number of aliphatic carboxylic acids is 2. The zero-order chi connectivity index (χ0) is 21.6. The number of carboxylic acids is 2. The van der Waals surface area contributed by atoms with Crippen molar-refractivity contribution in [2.24, 2.45) is 11.8 Å². The van der Waals surface area contributed by atoms with E-state index in [2.05, 4.69) is 0 Å². The number of benzene rings is 2. The third kappa shape index (κ3) is 6.08. The summed E-state index contributed by atoms with van der Waals surface area (Å²) in [4.78, 5) is 24.3. The van der Waals surface area contributed by atoms with Crippen LogP contribution >= 0.6 is 0 Å². The molecule has 0 aliphatic rings. The molecule has 0 amide bonds. The maximum Gasteiger partial charge on any atom is 0.311 e. The molecule has 2 aromatic rings. The van der Waals surface area contributed by atoms with Crippen molar-refractivity contribution < 1.29 is 24.5 Å². The first-order valence-electron chi connectivity index (χ1n) is 10.0. The van der Waals surface area contributed by atoms with E-state index in [4.69, 9.17) is 4.74 Å². The third-order valence-corrected chi connectivity index (χ3v) is 4.81. The minimum Gasteiger partial charge on any atom is -0.481 e. The molecule has 0 aliphatic heterocycles. The molecule has 0 saturated heterocycles. The Morgan fingerprint density at radius 2 is 1.34 bits per heavy atom. The molecule has 0 radical (unpaired) electrons. The number of para-hydroxylation sites is 1. The van der Waals surface area contributed by atoms with Gasteiger partial charge in [0.05, 0.1) is 11.8 Å². The molecule has 2 aromatic carbocycles. The van der Waals surface area contributed by atoms with Crippen LogP contribution in [0.1, 0.15) is 63.5 Å². The molecule has 2 atom stereocenters. The average molecular weight is 398 g/mol. The maximum absolute atomic E-state index is 12.2. The van der Waals surface area contributed by atoms with Crippen LogP contribution in [0.15, 0.2) is 48.5 Å². The molecule has 156 valence electrons. The fraction of sp³-hybridized carbons (Fsp3) is 0.417. The molecular weight excluding hydrogens is 368 g/mol. The zero-order valence-corrected chi connectivity index (χ0v) is 17.5. The van der Waals surface area contributed by atoms with Gasteiger partial charge >= 0.3 is 11.9 Å². The van der Waals surface area contributed by atoms with Crippen LogP contribution in [0.4, 0.5) is 0 Å². The number of hydrogen-bond donors (Lipinski definition) is 2. The van der Waals surface area contributed by atoms with Crippen LogP contribution in [0.25, 0.3) is 0 Å². The van der Waals surface area contributed by atoms with E-state index in [-0.39, 0.29) is 11.8 Å². The summed E-state index contributed by atoms with van der Waals surface area (Å²) >= 11 is 0. The Kier molecular flexibility index (Phi) is 7.82. The van der Waals surface area contributed by atoms with Crippen LogP contribution in [0, 0.1) is 11.8 Å². The molecule has 29 heavy (non-hydrogen) atoms. The van der Waals surface area contributed by atoms with E-state index in [1.54, 1.807) is 30.3 Å². The lowest BCUT2D eigenvalue weighted by molar-refractivity contribution is -0.140. The second kappa shape index (κ2) is 10.1.